The Morgan fingerprint density at radius 2 is 1.73 bits per heavy atom. The minimum absolute atomic E-state index is 0.117. The summed E-state index contributed by atoms with van der Waals surface area (Å²) in [4.78, 5) is 11.4. The first-order valence-corrected chi connectivity index (χ1v) is 5.21. The lowest BCUT2D eigenvalue weighted by atomic mass is 9.87. The van der Waals surface area contributed by atoms with Crippen molar-refractivity contribution >= 4 is 5.97 Å². The van der Waals surface area contributed by atoms with Gasteiger partial charge in [-0.2, -0.15) is 0 Å². The largest absolute Gasteiger partial charge is 0.481 e. The van der Waals surface area contributed by atoms with Crippen LogP contribution in [0.1, 0.15) is 31.4 Å². The fourth-order valence-electron chi connectivity index (χ4n) is 2.44. The van der Waals surface area contributed by atoms with Gasteiger partial charge in [0.15, 0.2) is 0 Å². The Morgan fingerprint density at radius 3 is 2.07 bits per heavy atom. The van der Waals surface area contributed by atoms with Crippen molar-refractivity contribution < 1.29 is 9.90 Å². The first-order valence-electron chi connectivity index (χ1n) is 5.21. The van der Waals surface area contributed by atoms with Crippen LogP contribution >= 0.6 is 0 Å². The van der Waals surface area contributed by atoms with Crippen LogP contribution in [-0.4, -0.2) is 11.1 Å². The van der Waals surface area contributed by atoms with Crippen molar-refractivity contribution in [1.29, 1.82) is 0 Å². The molecule has 0 radical (unpaired) electrons. The van der Waals surface area contributed by atoms with Gasteiger partial charge in [0.2, 0.25) is 0 Å². The molecule has 1 aliphatic rings. The first kappa shape index (κ1) is 10.2. The summed E-state index contributed by atoms with van der Waals surface area (Å²) in [6, 6.07) is 7.85. The molecule has 2 nitrogen and oxygen atoms in total. The van der Waals surface area contributed by atoms with E-state index in [2.05, 4.69) is 0 Å². The molecular weight excluding hydrogens is 188 g/mol. The predicted octanol–water partition coefficient (Wildman–Crippen LogP) is 2.75. The smallest absolute Gasteiger partial charge is 0.314 e. The van der Waals surface area contributed by atoms with Crippen LogP contribution in [-0.2, 0) is 10.2 Å². The Balaban J connectivity index is 2.45. The van der Waals surface area contributed by atoms with Crippen molar-refractivity contribution in [2.45, 2.75) is 32.6 Å². The number of aryl methyl sites for hydroxylation is 1. The van der Waals surface area contributed by atoms with Gasteiger partial charge in [-0.1, -0.05) is 43.7 Å². The molecule has 1 fully saturated rings. The van der Waals surface area contributed by atoms with Gasteiger partial charge in [0.1, 0.15) is 0 Å². The van der Waals surface area contributed by atoms with E-state index in [9.17, 15) is 9.90 Å². The van der Waals surface area contributed by atoms with Gasteiger partial charge in [0.05, 0.1) is 5.41 Å². The summed E-state index contributed by atoms with van der Waals surface area (Å²) in [5, 5.41) is 9.36. The van der Waals surface area contributed by atoms with Gasteiger partial charge in [0.25, 0.3) is 0 Å². The second kappa shape index (κ2) is 2.84. The van der Waals surface area contributed by atoms with E-state index in [1.54, 1.807) is 0 Å². The van der Waals surface area contributed by atoms with Crippen molar-refractivity contribution in [3.05, 3.63) is 35.4 Å². The molecule has 0 bridgehead atoms. The quantitative estimate of drug-likeness (QED) is 0.804. The number of rotatable bonds is 2. The van der Waals surface area contributed by atoms with Gasteiger partial charge >= 0.3 is 5.97 Å². The predicted molar refractivity (Wildman–Crippen MR) is 58.9 cm³/mol. The highest BCUT2D eigenvalue weighted by Gasteiger charge is 2.67. The molecule has 0 amide bonds. The van der Waals surface area contributed by atoms with E-state index in [-0.39, 0.29) is 5.41 Å². The molecule has 80 valence electrons. The third kappa shape index (κ3) is 1.28. The molecule has 1 aromatic rings. The van der Waals surface area contributed by atoms with E-state index in [1.165, 1.54) is 0 Å². The van der Waals surface area contributed by atoms with Gasteiger partial charge in [-0.25, -0.2) is 0 Å². The highest BCUT2D eigenvalue weighted by molar-refractivity contribution is 5.87. The van der Waals surface area contributed by atoms with E-state index < -0.39 is 11.4 Å². The van der Waals surface area contributed by atoms with Gasteiger partial charge in [0, 0.05) is 0 Å². The van der Waals surface area contributed by atoms with E-state index in [1.807, 2.05) is 45.0 Å². The minimum atomic E-state index is -0.698. The molecule has 0 unspecified atom stereocenters. The van der Waals surface area contributed by atoms with Gasteiger partial charge in [-0.05, 0) is 24.3 Å². The molecule has 15 heavy (non-hydrogen) atoms. The fourth-order valence-corrected chi connectivity index (χ4v) is 2.44. The van der Waals surface area contributed by atoms with Crippen molar-refractivity contribution in [3.8, 4) is 0 Å². The Kier molecular flexibility index (Phi) is 1.94. The van der Waals surface area contributed by atoms with Crippen molar-refractivity contribution in [2.75, 3.05) is 0 Å². The maximum Gasteiger partial charge on any atom is 0.314 e. The lowest BCUT2D eigenvalue weighted by molar-refractivity contribution is -0.141. The zero-order valence-electron chi connectivity index (χ0n) is 9.37. The molecular formula is C13H16O2. The van der Waals surface area contributed by atoms with E-state index in [0.29, 0.717) is 0 Å². The van der Waals surface area contributed by atoms with E-state index in [0.717, 1.165) is 17.5 Å². The summed E-state index contributed by atoms with van der Waals surface area (Å²) in [5.41, 5.74) is 1.33. The number of carboxylic acid groups (broad SMARTS) is 1. The second-order valence-corrected chi connectivity index (χ2v) is 5.14. The molecule has 0 saturated heterocycles. The minimum Gasteiger partial charge on any atom is -0.481 e. The van der Waals surface area contributed by atoms with Crippen LogP contribution in [0.15, 0.2) is 24.3 Å². The summed E-state index contributed by atoms with van der Waals surface area (Å²) in [5.74, 6) is -0.698. The van der Waals surface area contributed by atoms with Crippen molar-refractivity contribution in [1.82, 2.24) is 0 Å². The molecule has 1 N–H and O–H groups in total. The lowest BCUT2D eigenvalue weighted by Gasteiger charge is -2.16. The number of benzene rings is 1. The first-order chi connectivity index (χ1) is 6.90. The normalized spacial score (nSPS) is 27.4. The summed E-state index contributed by atoms with van der Waals surface area (Å²) < 4.78 is 0. The highest BCUT2D eigenvalue weighted by atomic mass is 16.4. The van der Waals surface area contributed by atoms with Gasteiger partial charge < -0.3 is 5.11 Å². The third-order valence-electron chi connectivity index (χ3n) is 3.65. The molecule has 1 saturated carbocycles. The Labute approximate surface area is 89.9 Å². The van der Waals surface area contributed by atoms with Crippen LogP contribution in [0, 0.1) is 12.3 Å². The monoisotopic (exact) mass is 204 g/mol. The van der Waals surface area contributed by atoms with E-state index >= 15 is 0 Å². The number of hydrogen-bond acceptors (Lipinski definition) is 1. The average molecular weight is 204 g/mol. The summed E-state index contributed by atoms with van der Waals surface area (Å²) >= 11 is 0. The molecule has 0 heterocycles. The van der Waals surface area contributed by atoms with Crippen molar-refractivity contribution in [3.63, 3.8) is 0 Å². The SMILES string of the molecule is Cc1ccc([C@]2(C(=O)O)CC2(C)C)cc1. The van der Waals surface area contributed by atoms with Gasteiger partial charge in [-0.15, -0.1) is 0 Å². The number of hydrogen-bond donors (Lipinski definition) is 1. The molecule has 1 atom stereocenters. The maximum absolute atomic E-state index is 11.4. The Bertz CT molecular complexity index is 403. The molecule has 1 aliphatic carbocycles. The van der Waals surface area contributed by atoms with E-state index in [4.69, 9.17) is 0 Å². The van der Waals surface area contributed by atoms with Crippen LogP contribution < -0.4 is 0 Å². The zero-order valence-corrected chi connectivity index (χ0v) is 9.37. The summed E-state index contributed by atoms with van der Waals surface area (Å²) in [6.45, 7) is 6.04. The maximum atomic E-state index is 11.4. The standard InChI is InChI=1S/C13H16O2/c1-9-4-6-10(7-5-9)13(11(14)15)8-12(13,2)3/h4-7H,8H2,1-3H3,(H,14,15)/t13-/m0/s1. The summed E-state index contributed by atoms with van der Waals surface area (Å²) in [6.07, 6.45) is 0.735. The Morgan fingerprint density at radius 1 is 1.27 bits per heavy atom. The molecule has 2 rings (SSSR count). The van der Waals surface area contributed by atoms with Gasteiger partial charge in [-0.3, -0.25) is 4.79 Å². The van der Waals surface area contributed by atoms with Crippen molar-refractivity contribution in [2.24, 2.45) is 5.41 Å². The number of carbonyl (C=O) groups is 1. The Hall–Kier alpha value is -1.31. The lowest BCUT2D eigenvalue weighted by Crippen LogP contribution is -2.25. The molecule has 0 aromatic heterocycles. The fraction of sp³-hybridized carbons (Fsp3) is 0.462. The molecule has 2 heteroatoms. The van der Waals surface area contributed by atoms with Crippen LogP contribution in [0.3, 0.4) is 0 Å². The summed E-state index contributed by atoms with van der Waals surface area (Å²) in [7, 11) is 0. The number of carboxylic acids is 1. The molecule has 0 aliphatic heterocycles. The van der Waals surface area contributed by atoms with Crippen LogP contribution in [0.2, 0.25) is 0 Å². The zero-order chi connectivity index (χ0) is 11.3. The number of aliphatic carboxylic acids is 1. The highest BCUT2D eigenvalue weighted by Crippen LogP contribution is 2.64. The molecule has 0 spiro atoms. The second-order valence-electron chi connectivity index (χ2n) is 5.14. The van der Waals surface area contributed by atoms with Crippen LogP contribution in [0.25, 0.3) is 0 Å². The topological polar surface area (TPSA) is 37.3 Å². The average Bonchev–Trinajstić information content (AvgIpc) is 2.72. The van der Waals surface area contributed by atoms with Crippen LogP contribution in [0.5, 0.6) is 0 Å². The molecule has 1 aromatic carbocycles. The van der Waals surface area contributed by atoms with Crippen LogP contribution in [0.4, 0.5) is 0 Å². The third-order valence-corrected chi connectivity index (χ3v) is 3.65.